The molecule has 0 aliphatic carbocycles. The molecule has 0 aliphatic rings. The van der Waals surface area contributed by atoms with E-state index in [-0.39, 0.29) is 24.6 Å². The molecule has 0 aromatic carbocycles. The quantitative estimate of drug-likeness (QED) is 0.749. The zero-order valence-corrected chi connectivity index (χ0v) is 10.5. The summed E-state index contributed by atoms with van der Waals surface area (Å²) in [7, 11) is 0. The molecule has 2 N–H and O–H groups in total. The van der Waals surface area contributed by atoms with Gasteiger partial charge in [0.15, 0.2) is 0 Å². The molecular weight excluding hydrogens is 218 g/mol. The molecule has 1 rings (SSSR count). The molecular formula is C12H21N3O2. The van der Waals surface area contributed by atoms with Crippen LogP contribution in [0.1, 0.15) is 39.2 Å². The number of hydrogen-bond acceptors (Lipinski definition) is 3. The molecule has 2 atom stereocenters. The third-order valence-electron chi connectivity index (χ3n) is 2.67. The highest BCUT2D eigenvalue weighted by atomic mass is 16.3. The van der Waals surface area contributed by atoms with E-state index in [0.29, 0.717) is 6.42 Å². The molecule has 0 fully saturated rings. The third-order valence-corrected chi connectivity index (χ3v) is 2.67. The van der Waals surface area contributed by atoms with Crippen LogP contribution in [0.2, 0.25) is 0 Å². The van der Waals surface area contributed by atoms with Gasteiger partial charge in [-0.2, -0.15) is 0 Å². The van der Waals surface area contributed by atoms with E-state index < -0.39 is 0 Å². The first-order valence-electron chi connectivity index (χ1n) is 6.05. The molecule has 1 heterocycles. The van der Waals surface area contributed by atoms with E-state index in [4.69, 9.17) is 5.11 Å². The van der Waals surface area contributed by atoms with E-state index in [2.05, 4.69) is 17.2 Å². The molecule has 1 amide bonds. The Bertz CT molecular complexity index is 325. The Hall–Kier alpha value is -1.36. The molecule has 0 spiro atoms. The lowest BCUT2D eigenvalue weighted by Crippen LogP contribution is -2.36. The average Bonchev–Trinajstić information content (AvgIpc) is 2.81. The maximum atomic E-state index is 11.7. The van der Waals surface area contributed by atoms with E-state index in [1.807, 2.05) is 10.8 Å². The molecule has 17 heavy (non-hydrogen) atoms. The highest BCUT2D eigenvalue weighted by Crippen LogP contribution is 2.17. The third kappa shape index (κ3) is 4.56. The van der Waals surface area contributed by atoms with Crippen molar-refractivity contribution in [2.24, 2.45) is 0 Å². The number of nitrogens with one attached hydrogen (secondary N) is 1. The van der Waals surface area contributed by atoms with Crippen molar-refractivity contribution in [2.75, 3.05) is 6.61 Å². The van der Waals surface area contributed by atoms with Gasteiger partial charge in [0.2, 0.25) is 5.91 Å². The van der Waals surface area contributed by atoms with Gasteiger partial charge in [-0.05, 0) is 13.3 Å². The van der Waals surface area contributed by atoms with Crippen LogP contribution in [-0.2, 0) is 4.79 Å². The van der Waals surface area contributed by atoms with Crippen LogP contribution in [0.3, 0.4) is 0 Å². The normalized spacial score (nSPS) is 14.3. The molecule has 0 bridgehead atoms. The summed E-state index contributed by atoms with van der Waals surface area (Å²) >= 11 is 0. The number of amides is 1. The fourth-order valence-corrected chi connectivity index (χ4v) is 1.77. The van der Waals surface area contributed by atoms with Gasteiger partial charge >= 0.3 is 0 Å². The molecule has 5 nitrogen and oxygen atoms in total. The van der Waals surface area contributed by atoms with Crippen molar-refractivity contribution < 1.29 is 9.90 Å². The van der Waals surface area contributed by atoms with Gasteiger partial charge in [-0.15, -0.1) is 0 Å². The SMILES string of the molecule is CCCC(CC(=O)N[C@@H](C)CO)n1ccnc1. The largest absolute Gasteiger partial charge is 0.394 e. The predicted octanol–water partition coefficient (Wildman–Crippen LogP) is 1.11. The first kappa shape index (κ1) is 13.7. The Morgan fingerprint density at radius 1 is 1.59 bits per heavy atom. The van der Waals surface area contributed by atoms with Crippen LogP contribution < -0.4 is 5.32 Å². The molecule has 1 aromatic rings. The van der Waals surface area contributed by atoms with Gasteiger partial charge in [-0.3, -0.25) is 4.79 Å². The first-order chi connectivity index (χ1) is 8.17. The van der Waals surface area contributed by atoms with Gasteiger partial charge in [-0.25, -0.2) is 4.98 Å². The number of carbonyl (C=O) groups excluding carboxylic acids is 1. The Morgan fingerprint density at radius 3 is 2.88 bits per heavy atom. The smallest absolute Gasteiger partial charge is 0.222 e. The number of hydrogen-bond donors (Lipinski definition) is 2. The minimum Gasteiger partial charge on any atom is -0.394 e. The maximum Gasteiger partial charge on any atom is 0.222 e. The standard InChI is InChI=1S/C12H21N3O2/c1-3-4-11(15-6-5-13-9-15)7-12(17)14-10(2)8-16/h5-6,9-11,16H,3-4,7-8H2,1-2H3,(H,14,17)/t10-,11?/m0/s1. The number of carbonyl (C=O) groups is 1. The second-order valence-electron chi connectivity index (χ2n) is 4.31. The summed E-state index contributed by atoms with van der Waals surface area (Å²) in [5.74, 6) is -0.0290. The van der Waals surface area contributed by atoms with Crippen molar-refractivity contribution in [1.82, 2.24) is 14.9 Å². The predicted molar refractivity (Wildman–Crippen MR) is 65.5 cm³/mol. The number of aliphatic hydroxyl groups excluding tert-OH is 1. The highest BCUT2D eigenvalue weighted by molar-refractivity contribution is 5.76. The van der Waals surface area contributed by atoms with Gasteiger partial charge in [0, 0.05) is 30.9 Å². The Labute approximate surface area is 102 Å². The van der Waals surface area contributed by atoms with Crippen LogP contribution >= 0.6 is 0 Å². The van der Waals surface area contributed by atoms with Gasteiger partial charge in [0.05, 0.1) is 12.9 Å². The van der Waals surface area contributed by atoms with Gasteiger partial charge in [0.25, 0.3) is 0 Å². The Kier molecular flexibility index (Phi) is 5.69. The van der Waals surface area contributed by atoms with Crippen molar-refractivity contribution in [3.05, 3.63) is 18.7 Å². The van der Waals surface area contributed by atoms with Crippen LogP contribution in [0.4, 0.5) is 0 Å². The van der Waals surface area contributed by atoms with Crippen molar-refractivity contribution in [3.63, 3.8) is 0 Å². The van der Waals surface area contributed by atoms with Gasteiger partial charge in [-0.1, -0.05) is 13.3 Å². The summed E-state index contributed by atoms with van der Waals surface area (Å²) < 4.78 is 1.96. The number of aliphatic hydroxyl groups is 1. The van der Waals surface area contributed by atoms with Crippen LogP contribution in [0.15, 0.2) is 18.7 Å². The summed E-state index contributed by atoms with van der Waals surface area (Å²) in [5.41, 5.74) is 0. The zero-order valence-electron chi connectivity index (χ0n) is 10.5. The van der Waals surface area contributed by atoms with E-state index >= 15 is 0 Å². The van der Waals surface area contributed by atoms with E-state index in [0.717, 1.165) is 12.8 Å². The molecule has 96 valence electrons. The molecule has 0 aliphatic heterocycles. The van der Waals surface area contributed by atoms with Gasteiger partial charge < -0.3 is 15.0 Å². The lowest BCUT2D eigenvalue weighted by molar-refractivity contribution is -0.122. The van der Waals surface area contributed by atoms with Crippen molar-refractivity contribution in [1.29, 1.82) is 0 Å². The lowest BCUT2D eigenvalue weighted by atomic mass is 10.1. The summed E-state index contributed by atoms with van der Waals surface area (Å²) in [5, 5.41) is 11.6. The molecule has 0 saturated heterocycles. The van der Waals surface area contributed by atoms with Crippen molar-refractivity contribution in [3.8, 4) is 0 Å². The maximum absolute atomic E-state index is 11.7. The van der Waals surface area contributed by atoms with Crippen LogP contribution in [-0.4, -0.2) is 33.2 Å². The summed E-state index contributed by atoms with van der Waals surface area (Å²) in [6.07, 6.45) is 7.72. The molecule has 0 radical (unpaired) electrons. The average molecular weight is 239 g/mol. The van der Waals surface area contributed by atoms with E-state index in [1.54, 1.807) is 19.4 Å². The van der Waals surface area contributed by atoms with Gasteiger partial charge in [0.1, 0.15) is 0 Å². The first-order valence-corrected chi connectivity index (χ1v) is 6.05. The number of nitrogens with zero attached hydrogens (tertiary/aromatic N) is 2. The fraction of sp³-hybridized carbons (Fsp3) is 0.667. The van der Waals surface area contributed by atoms with Crippen LogP contribution in [0.5, 0.6) is 0 Å². The highest BCUT2D eigenvalue weighted by Gasteiger charge is 2.15. The molecule has 0 saturated carbocycles. The van der Waals surface area contributed by atoms with Crippen molar-refractivity contribution >= 4 is 5.91 Å². The number of imidazole rings is 1. The van der Waals surface area contributed by atoms with Crippen LogP contribution in [0.25, 0.3) is 0 Å². The summed E-state index contributed by atoms with van der Waals surface area (Å²) in [6.45, 7) is 3.84. The summed E-state index contributed by atoms with van der Waals surface area (Å²) in [4.78, 5) is 15.7. The molecule has 5 heteroatoms. The zero-order chi connectivity index (χ0) is 12.7. The number of rotatable bonds is 7. The fourth-order valence-electron chi connectivity index (χ4n) is 1.77. The summed E-state index contributed by atoms with van der Waals surface area (Å²) in [6, 6.07) is -0.0408. The Morgan fingerprint density at radius 2 is 2.35 bits per heavy atom. The lowest BCUT2D eigenvalue weighted by Gasteiger charge is -2.18. The Balaban J connectivity index is 2.52. The van der Waals surface area contributed by atoms with E-state index in [9.17, 15) is 4.79 Å². The second kappa shape index (κ2) is 7.06. The van der Waals surface area contributed by atoms with E-state index in [1.165, 1.54) is 0 Å². The molecule has 1 unspecified atom stereocenters. The minimum absolute atomic E-state index is 0.0290. The van der Waals surface area contributed by atoms with Crippen LogP contribution in [0, 0.1) is 0 Å². The van der Waals surface area contributed by atoms with Crippen molar-refractivity contribution in [2.45, 2.75) is 45.2 Å². The topological polar surface area (TPSA) is 67.2 Å². The minimum atomic E-state index is -0.187. The second-order valence-corrected chi connectivity index (χ2v) is 4.31. The molecule has 1 aromatic heterocycles. The number of aromatic nitrogens is 2. The monoisotopic (exact) mass is 239 g/mol.